The van der Waals surface area contributed by atoms with E-state index in [1.54, 1.807) is 21.6 Å². The molecule has 0 aliphatic heterocycles. The van der Waals surface area contributed by atoms with E-state index >= 15 is 0 Å². The van der Waals surface area contributed by atoms with E-state index in [4.69, 9.17) is 15.0 Å². The standard InChI is InChI=1S/C10H15NS2.C8H11NS2.CH3N2O2.CH3NO2/c1-8(2)9(3)12-13-10-6-4-5-7-11-10;1-7(2)10-11-8-5-3-4-6-9-8;1-3(5)2-4;1-2(3)4/h4-9H,1-3H3;3-7H,1-2H3;1H3;1H3/q;;+1;. The van der Waals surface area contributed by atoms with Crippen LogP contribution in [0.4, 0.5) is 0 Å². The topological polar surface area (TPSA) is 118 Å². The second kappa shape index (κ2) is 22.1. The molecule has 0 bridgehead atoms. The maximum absolute atomic E-state index is 9.25. The van der Waals surface area contributed by atoms with Crippen molar-refractivity contribution in [1.29, 1.82) is 0 Å². The van der Waals surface area contributed by atoms with Crippen LogP contribution in [0.15, 0.2) is 64.1 Å². The summed E-state index contributed by atoms with van der Waals surface area (Å²) in [4.78, 5) is 34.8. The van der Waals surface area contributed by atoms with E-state index in [0.717, 1.165) is 30.1 Å². The normalized spacial score (nSPS) is 10.5. The maximum Gasteiger partial charge on any atom is 0.290 e. The first-order valence-corrected chi connectivity index (χ1v) is 14.2. The highest BCUT2D eigenvalue weighted by Crippen LogP contribution is 2.35. The molecule has 1 atom stereocenters. The molecule has 1 unspecified atom stereocenters. The van der Waals surface area contributed by atoms with Crippen molar-refractivity contribution in [3.63, 3.8) is 0 Å². The molecule has 0 radical (unpaired) electrons. The van der Waals surface area contributed by atoms with Crippen molar-refractivity contribution in [2.75, 3.05) is 14.1 Å². The Morgan fingerprint density at radius 3 is 1.52 bits per heavy atom. The van der Waals surface area contributed by atoms with Gasteiger partial charge in [0.1, 0.15) is 10.1 Å². The largest absolute Gasteiger partial charge is 0.290 e. The number of rotatable bonds is 8. The molecule has 0 aliphatic carbocycles. The van der Waals surface area contributed by atoms with E-state index in [1.807, 2.05) is 75.7 Å². The molecule has 184 valence electrons. The number of nitroso groups, excluding NO2 is 2. The highest BCUT2D eigenvalue weighted by molar-refractivity contribution is 8.77. The van der Waals surface area contributed by atoms with Gasteiger partial charge in [0.05, 0.1) is 4.91 Å². The molecule has 2 aromatic rings. The SMILES string of the molecule is CC(C)C(C)SSc1ccccn1.CC(C)SSc1ccccn1.C[N+](=O)N=O.C[N+](=O)[O-]. The molecule has 0 aromatic carbocycles. The summed E-state index contributed by atoms with van der Waals surface area (Å²) in [5.74, 6) is 0.723. The summed E-state index contributed by atoms with van der Waals surface area (Å²) in [7, 11) is 9.14. The first kappa shape index (κ1) is 33.5. The van der Waals surface area contributed by atoms with Gasteiger partial charge in [0.25, 0.3) is 5.29 Å². The van der Waals surface area contributed by atoms with Gasteiger partial charge < -0.3 is 0 Å². The summed E-state index contributed by atoms with van der Waals surface area (Å²) >= 11 is 0. The monoisotopic (exact) mass is 534 g/mol. The number of aromatic nitrogens is 2. The molecular weight excluding hydrogens is 503 g/mol. The van der Waals surface area contributed by atoms with Crippen LogP contribution < -0.4 is 0 Å². The Hall–Kier alpha value is -1.70. The van der Waals surface area contributed by atoms with Crippen LogP contribution in [0.5, 0.6) is 0 Å². The molecule has 0 saturated carbocycles. The lowest BCUT2D eigenvalue weighted by Gasteiger charge is -2.12. The van der Waals surface area contributed by atoms with Crippen LogP contribution in [0.1, 0.15) is 34.6 Å². The minimum atomic E-state index is -0.500. The number of nitro groups is 1. The number of nitrogens with zero attached hydrogens (tertiary/aromatic N) is 5. The van der Waals surface area contributed by atoms with Gasteiger partial charge in [-0.25, -0.2) is 9.97 Å². The smallest absolute Gasteiger partial charge is 0.265 e. The molecule has 2 heterocycles. The van der Waals surface area contributed by atoms with Gasteiger partial charge in [0.2, 0.25) is 7.05 Å². The van der Waals surface area contributed by atoms with Crippen molar-refractivity contribution in [3.05, 3.63) is 68.7 Å². The number of hydrogen-bond donors (Lipinski definition) is 0. The minimum absolute atomic E-state index is 0.0556. The maximum atomic E-state index is 9.25. The fraction of sp³-hybridized carbons (Fsp3) is 0.500. The predicted molar refractivity (Wildman–Crippen MR) is 143 cm³/mol. The van der Waals surface area contributed by atoms with E-state index in [2.05, 4.69) is 44.6 Å². The van der Waals surface area contributed by atoms with Gasteiger partial charge in [-0.3, -0.25) is 10.1 Å². The minimum Gasteiger partial charge on any atom is -0.265 e. The Labute approximate surface area is 211 Å². The van der Waals surface area contributed by atoms with Crippen LogP contribution in [0, 0.1) is 25.8 Å². The number of pyridine rings is 2. The third kappa shape index (κ3) is 26.4. The lowest BCUT2D eigenvalue weighted by atomic mass is 10.2. The van der Waals surface area contributed by atoms with Gasteiger partial charge in [0, 0.05) is 27.8 Å². The van der Waals surface area contributed by atoms with Crippen molar-refractivity contribution >= 4 is 43.2 Å². The van der Waals surface area contributed by atoms with Gasteiger partial charge in [-0.1, -0.05) is 73.2 Å². The molecule has 0 N–H and O–H groups in total. The summed E-state index contributed by atoms with van der Waals surface area (Å²) in [6.07, 6.45) is 3.66. The summed E-state index contributed by atoms with van der Waals surface area (Å²) in [6.45, 7) is 11.1. The molecule has 13 heteroatoms. The second-order valence-electron chi connectivity index (χ2n) is 6.68. The Morgan fingerprint density at radius 2 is 1.24 bits per heavy atom. The molecular formula is C20H32N5O4S4+. The second-order valence-corrected chi connectivity index (χ2v) is 12.1. The van der Waals surface area contributed by atoms with Crippen molar-refractivity contribution < 1.29 is 9.79 Å². The molecule has 0 amide bonds. The fourth-order valence-corrected chi connectivity index (χ4v) is 5.30. The zero-order chi connectivity index (χ0) is 25.6. The molecule has 9 nitrogen and oxygen atoms in total. The third-order valence-corrected chi connectivity index (χ3v) is 8.86. The van der Waals surface area contributed by atoms with Crippen LogP contribution >= 0.6 is 43.2 Å². The van der Waals surface area contributed by atoms with Crippen molar-refractivity contribution in [1.82, 2.24) is 9.97 Å². The highest BCUT2D eigenvalue weighted by atomic mass is 33.1. The molecule has 0 saturated heterocycles. The average molecular weight is 535 g/mol. The first-order chi connectivity index (χ1) is 15.5. The van der Waals surface area contributed by atoms with Crippen molar-refractivity contribution in [3.8, 4) is 0 Å². The Morgan fingerprint density at radius 1 is 0.848 bits per heavy atom. The molecule has 0 fully saturated rings. The van der Waals surface area contributed by atoms with Crippen molar-refractivity contribution in [2.24, 2.45) is 11.2 Å². The average Bonchev–Trinajstić information content (AvgIpc) is 2.78. The summed E-state index contributed by atoms with van der Waals surface area (Å²) in [5.41, 5.74) is 0. The van der Waals surface area contributed by atoms with Crippen LogP contribution in [-0.2, 0) is 0 Å². The fourth-order valence-electron chi connectivity index (χ4n) is 1.17. The van der Waals surface area contributed by atoms with E-state index in [1.165, 1.54) is 0 Å². The number of hydrogen-bond acceptors (Lipinski definition) is 10. The molecule has 0 spiro atoms. The Balaban J connectivity index is 0. The van der Waals surface area contributed by atoms with Gasteiger partial charge >= 0.3 is 0 Å². The van der Waals surface area contributed by atoms with Gasteiger partial charge in [-0.15, -0.1) is 0 Å². The molecule has 2 rings (SSSR count). The third-order valence-electron chi connectivity index (χ3n) is 2.94. The Bertz CT molecular complexity index is 768. The summed E-state index contributed by atoms with van der Waals surface area (Å²) in [5, 5.41) is 14.2. The van der Waals surface area contributed by atoms with E-state index < -0.39 is 4.92 Å². The van der Waals surface area contributed by atoms with Crippen LogP contribution in [-0.4, -0.2) is 44.4 Å². The van der Waals surface area contributed by atoms with E-state index in [0.29, 0.717) is 10.5 Å². The molecule has 33 heavy (non-hydrogen) atoms. The summed E-state index contributed by atoms with van der Waals surface area (Å²) < 4.78 is 0. The molecule has 0 aliphatic rings. The zero-order valence-corrected chi connectivity index (χ0v) is 23.1. The van der Waals surface area contributed by atoms with Gasteiger partial charge in [-0.05, 0) is 51.8 Å². The van der Waals surface area contributed by atoms with Crippen LogP contribution in [0.3, 0.4) is 0 Å². The molecule has 2 aromatic heterocycles. The quantitative estimate of drug-likeness (QED) is 0.114. The van der Waals surface area contributed by atoms with Crippen LogP contribution in [0.25, 0.3) is 0 Å². The van der Waals surface area contributed by atoms with Crippen molar-refractivity contribution in [2.45, 2.75) is 55.2 Å². The summed E-state index contributed by atoms with van der Waals surface area (Å²) in [6, 6.07) is 12.0. The lowest BCUT2D eigenvalue weighted by molar-refractivity contribution is -0.526. The first-order valence-electron chi connectivity index (χ1n) is 9.80. The van der Waals surface area contributed by atoms with Crippen LogP contribution in [0.2, 0.25) is 0 Å². The van der Waals surface area contributed by atoms with Gasteiger partial charge in [0.15, 0.2) is 11.9 Å². The highest BCUT2D eigenvalue weighted by Gasteiger charge is 2.08. The predicted octanol–water partition coefficient (Wildman–Crippen LogP) is 7.07. The lowest BCUT2D eigenvalue weighted by Crippen LogP contribution is -2.03. The zero-order valence-electron chi connectivity index (χ0n) is 19.9. The van der Waals surface area contributed by atoms with E-state index in [9.17, 15) is 4.91 Å². The Kier molecular flexibility index (Phi) is 22.4. The van der Waals surface area contributed by atoms with Gasteiger partial charge in [-0.2, -0.15) is 0 Å². The van der Waals surface area contributed by atoms with E-state index in [-0.39, 0.29) is 4.87 Å².